The number of fused-ring (bicyclic) bond motifs is 4. The summed E-state index contributed by atoms with van der Waals surface area (Å²) in [6.07, 6.45) is 12.4. The largest absolute Gasteiger partial charge is 0.490 e. The Labute approximate surface area is 273 Å². The van der Waals surface area contributed by atoms with Crippen molar-refractivity contribution >= 4 is 33.2 Å². The summed E-state index contributed by atoms with van der Waals surface area (Å²) in [5.74, 6) is 0.467. The molecule has 2 aliphatic carbocycles. The van der Waals surface area contributed by atoms with Crippen molar-refractivity contribution in [2.24, 2.45) is 17.8 Å². The lowest BCUT2D eigenvalue weighted by atomic mass is 9.63. The number of methoxy groups -OCH3 is 1. The number of hydrogen-bond donors (Lipinski definition) is 1. The van der Waals surface area contributed by atoms with Crippen LogP contribution in [-0.2, 0) is 26.6 Å². The van der Waals surface area contributed by atoms with E-state index >= 15 is 0 Å². The van der Waals surface area contributed by atoms with Crippen molar-refractivity contribution < 1.29 is 22.7 Å². The predicted octanol–water partition coefficient (Wildman–Crippen LogP) is 6.84. The summed E-state index contributed by atoms with van der Waals surface area (Å²) in [4.78, 5) is 15.9. The normalized spacial score (nSPS) is 33.4. The first-order chi connectivity index (χ1) is 21.5. The lowest BCUT2D eigenvalue weighted by molar-refractivity contribution is -0.0728. The maximum atomic E-state index is 13.5. The van der Waals surface area contributed by atoms with Crippen molar-refractivity contribution in [1.82, 2.24) is 4.72 Å². The Hall–Kier alpha value is -2.81. The van der Waals surface area contributed by atoms with Crippen LogP contribution in [0.3, 0.4) is 0 Å². The Morgan fingerprint density at radius 2 is 2.02 bits per heavy atom. The minimum Gasteiger partial charge on any atom is -0.490 e. The second-order valence-corrected chi connectivity index (χ2v) is 16.2. The molecule has 45 heavy (non-hydrogen) atoms. The molecular weight excluding hydrogens is 608 g/mol. The molecule has 9 heteroatoms. The molecular formula is C36H45ClN2O5S. The predicted molar refractivity (Wildman–Crippen MR) is 180 cm³/mol. The van der Waals surface area contributed by atoms with Crippen LogP contribution in [0.5, 0.6) is 5.75 Å². The fourth-order valence-electron chi connectivity index (χ4n) is 8.10. The van der Waals surface area contributed by atoms with Gasteiger partial charge in [0, 0.05) is 36.2 Å². The third-order valence-electron chi connectivity index (χ3n) is 11.1. The number of nitrogens with zero attached hydrogens (tertiary/aromatic N) is 1. The maximum Gasteiger partial charge on any atom is 0.264 e. The number of carbonyl (C=O) groups is 1. The van der Waals surface area contributed by atoms with E-state index in [1.165, 1.54) is 11.1 Å². The number of anilines is 1. The number of aryl methyl sites for hydroxylation is 1. The van der Waals surface area contributed by atoms with Crippen molar-refractivity contribution in [3.05, 3.63) is 82.9 Å². The molecule has 1 saturated carbocycles. The van der Waals surface area contributed by atoms with E-state index in [1.54, 1.807) is 20.1 Å². The van der Waals surface area contributed by atoms with Gasteiger partial charge in [0.2, 0.25) is 10.0 Å². The highest BCUT2D eigenvalue weighted by Crippen LogP contribution is 2.50. The summed E-state index contributed by atoms with van der Waals surface area (Å²) in [6.45, 7) is 9.61. The number of carbonyl (C=O) groups excluding carboxylic acids is 1. The van der Waals surface area contributed by atoms with Gasteiger partial charge in [0.05, 0.1) is 23.1 Å². The molecule has 0 unspecified atom stereocenters. The second kappa shape index (κ2) is 12.4. The van der Waals surface area contributed by atoms with Crippen LogP contribution in [0.25, 0.3) is 0 Å². The van der Waals surface area contributed by atoms with Crippen molar-refractivity contribution in [2.75, 3.05) is 31.7 Å². The third-order valence-corrected chi connectivity index (χ3v) is 13.2. The van der Waals surface area contributed by atoms with Crippen LogP contribution in [0, 0.1) is 17.8 Å². The first-order valence-corrected chi connectivity index (χ1v) is 18.1. The Balaban J connectivity index is 1.46. The van der Waals surface area contributed by atoms with Crippen LogP contribution in [0.2, 0.25) is 5.02 Å². The molecule has 1 N–H and O–H groups in total. The molecule has 0 saturated heterocycles. The van der Waals surface area contributed by atoms with E-state index in [4.69, 9.17) is 21.1 Å². The Kier molecular flexibility index (Phi) is 8.87. The number of nitrogens with one attached hydrogen (secondary N) is 1. The summed E-state index contributed by atoms with van der Waals surface area (Å²) in [5, 5.41) is -0.0290. The van der Waals surface area contributed by atoms with E-state index in [0.29, 0.717) is 43.2 Å². The van der Waals surface area contributed by atoms with E-state index in [1.807, 2.05) is 31.2 Å². The lowest BCUT2D eigenvalue weighted by Gasteiger charge is -2.50. The Morgan fingerprint density at radius 3 is 2.76 bits per heavy atom. The van der Waals surface area contributed by atoms with Gasteiger partial charge in [0.25, 0.3) is 5.91 Å². The van der Waals surface area contributed by atoms with Gasteiger partial charge in [-0.3, -0.25) is 4.79 Å². The third kappa shape index (κ3) is 5.94. The maximum absolute atomic E-state index is 13.5. The molecule has 6 rings (SSSR count). The van der Waals surface area contributed by atoms with Crippen LogP contribution < -0.4 is 14.4 Å². The van der Waals surface area contributed by atoms with Gasteiger partial charge in [0.1, 0.15) is 5.75 Å². The van der Waals surface area contributed by atoms with Crippen molar-refractivity contribution in [3.63, 3.8) is 0 Å². The summed E-state index contributed by atoms with van der Waals surface area (Å²) in [5.41, 5.74) is 2.87. The fourth-order valence-corrected chi connectivity index (χ4v) is 9.58. The molecule has 2 heterocycles. The number of hydrogen-bond acceptors (Lipinski definition) is 6. The molecule has 7 nitrogen and oxygen atoms in total. The summed E-state index contributed by atoms with van der Waals surface area (Å²) in [7, 11) is -2.15. The molecule has 2 aromatic rings. The van der Waals surface area contributed by atoms with Gasteiger partial charge in [-0.2, -0.15) is 0 Å². The van der Waals surface area contributed by atoms with E-state index < -0.39 is 26.8 Å². The quantitative estimate of drug-likeness (QED) is 0.366. The lowest BCUT2D eigenvalue weighted by Crippen LogP contribution is -2.53. The van der Waals surface area contributed by atoms with E-state index in [9.17, 15) is 13.2 Å². The molecule has 2 aromatic carbocycles. The molecule has 2 bridgehead atoms. The van der Waals surface area contributed by atoms with E-state index in [-0.39, 0.29) is 17.3 Å². The van der Waals surface area contributed by atoms with Crippen molar-refractivity contribution in [2.45, 2.75) is 75.1 Å². The van der Waals surface area contributed by atoms with Crippen LogP contribution >= 0.6 is 11.6 Å². The van der Waals surface area contributed by atoms with Crippen molar-refractivity contribution in [1.29, 1.82) is 0 Å². The standard InChI is InChI=1S/C36H45ClN2O5S/c1-5-16-36(43-4)18-6-8-24(2)25(3)45(41,42)38-34(40)27-11-15-33-32(20-27)39(21-28-10-13-31(28)36)22-35(23-44-33)17-7-9-26-19-29(37)12-14-30(26)35/h5-6,11-12,14-15,18-20,24-25,28,31H,1,7-10,13,16-17,21-23H2,2-4H3,(H,38,40)/b18-6-/t24-,25+,28-,31+,35-,36-/m0/s1. The Morgan fingerprint density at radius 1 is 1.20 bits per heavy atom. The van der Waals surface area contributed by atoms with Crippen LogP contribution in [0.1, 0.15) is 73.9 Å². The number of amides is 1. The monoisotopic (exact) mass is 652 g/mol. The second-order valence-electron chi connectivity index (χ2n) is 13.7. The smallest absolute Gasteiger partial charge is 0.264 e. The average Bonchev–Trinajstić information content (AvgIpc) is 3.15. The molecule has 4 aliphatic rings. The van der Waals surface area contributed by atoms with Gasteiger partial charge in [-0.25, -0.2) is 13.1 Å². The van der Waals surface area contributed by atoms with Gasteiger partial charge in [0.15, 0.2) is 0 Å². The SMILES string of the molecule is C=CC[C@]1(OC)/C=C\C[C@H](C)[C@@H](C)S(=O)(=O)NC(=O)c2ccc3c(c2)N(C[C@@H]2CC[C@H]21)C[C@@]1(CCCc2cc(Cl)ccc21)CO3. The van der Waals surface area contributed by atoms with Crippen LogP contribution in [0.15, 0.2) is 61.2 Å². The first-order valence-electron chi connectivity index (χ1n) is 16.2. The van der Waals surface area contributed by atoms with Crippen LogP contribution in [0.4, 0.5) is 5.69 Å². The number of benzene rings is 2. The van der Waals surface area contributed by atoms with Gasteiger partial charge in [-0.15, -0.1) is 6.58 Å². The fraction of sp³-hybridized carbons (Fsp3) is 0.528. The van der Waals surface area contributed by atoms with E-state index in [2.05, 4.69) is 40.5 Å². The molecule has 1 fully saturated rings. The topological polar surface area (TPSA) is 84.9 Å². The minimum absolute atomic E-state index is 0.213. The van der Waals surface area contributed by atoms with Gasteiger partial charge < -0.3 is 14.4 Å². The molecule has 0 aromatic heterocycles. The highest BCUT2D eigenvalue weighted by molar-refractivity contribution is 7.90. The van der Waals surface area contributed by atoms with Crippen molar-refractivity contribution in [3.8, 4) is 5.75 Å². The molecule has 1 spiro atoms. The highest BCUT2D eigenvalue weighted by Gasteiger charge is 2.48. The summed E-state index contributed by atoms with van der Waals surface area (Å²) < 4.78 is 42.0. The van der Waals surface area contributed by atoms with Gasteiger partial charge in [-0.1, -0.05) is 42.8 Å². The summed E-state index contributed by atoms with van der Waals surface area (Å²) in [6, 6.07) is 11.5. The molecule has 0 radical (unpaired) electrons. The summed E-state index contributed by atoms with van der Waals surface area (Å²) >= 11 is 6.43. The number of halogens is 1. The highest BCUT2D eigenvalue weighted by atomic mass is 35.5. The number of ether oxygens (including phenoxy) is 2. The van der Waals surface area contributed by atoms with Gasteiger partial charge in [-0.05, 0) is 111 Å². The molecule has 6 atom stereocenters. The number of rotatable bonds is 3. The van der Waals surface area contributed by atoms with E-state index in [0.717, 1.165) is 49.4 Å². The van der Waals surface area contributed by atoms with Gasteiger partial charge >= 0.3 is 0 Å². The molecule has 2 aliphatic heterocycles. The first kappa shape index (κ1) is 32.1. The number of allylic oxidation sites excluding steroid dienone is 1. The van der Waals surface area contributed by atoms with Crippen LogP contribution in [-0.4, -0.2) is 52.0 Å². The molecule has 242 valence electrons. The zero-order valence-electron chi connectivity index (χ0n) is 26.6. The minimum atomic E-state index is -3.93. The zero-order valence-corrected chi connectivity index (χ0v) is 28.1. The average molecular weight is 653 g/mol. The molecule has 1 amide bonds. The Bertz CT molecular complexity index is 1610. The number of sulfonamides is 1. The zero-order chi connectivity index (χ0) is 32.0.